The third-order valence-corrected chi connectivity index (χ3v) is 2.44. The first-order chi connectivity index (χ1) is 7.70. The van der Waals surface area contributed by atoms with Gasteiger partial charge in [-0.25, -0.2) is 0 Å². The zero-order chi connectivity index (χ0) is 13.5. The molecule has 3 nitrogen and oxygen atoms in total. The van der Waals surface area contributed by atoms with Crippen molar-refractivity contribution in [1.82, 2.24) is 10.2 Å². The van der Waals surface area contributed by atoms with Gasteiger partial charge in [0.05, 0.1) is 18.0 Å². The zero-order valence-electron chi connectivity index (χ0n) is 10.6. The van der Waals surface area contributed by atoms with Crippen LogP contribution in [0, 0.1) is 16.7 Å². The Kier molecular flexibility index (Phi) is 6.50. The summed E-state index contributed by atoms with van der Waals surface area (Å²) in [6.45, 7) is 3.66. The van der Waals surface area contributed by atoms with Crippen LogP contribution in [0.5, 0.6) is 0 Å². The molecule has 100 valence electrons. The first kappa shape index (κ1) is 16.2. The van der Waals surface area contributed by atoms with E-state index < -0.39 is 18.1 Å². The molecule has 0 aliphatic heterocycles. The Morgan fingerprint density at radius 3 is 2.24 bits per heavy atom. The first-order valence-electron chi connectivity index (χ1n) is 5.55. The van der Waals surface area contributed by atoms with E-state index in [1.54, 1.807) is 20.9 Å². The molecule has 0 aromatic carbocycles. The second-order valence-electron chi connectivity index (χ2n) is 4.74. The van der Waals surface area contributed by atoms with Gasteiger partial charge in [0, 0.05) is 19.6 Å². The van der Waals surface area contributed by atoms with Crippen molar-refractivity contribution in [2.24, 2.45) is 5.41 Å². The molecule has 0 bridgehead atoms. The highest BCUT2D eigenvalue weighted by molar-refractivity contribution is 4.92. The van der Waals surface area contributed by atoms with E-state index in [2.05, 4.69) is 11.4 Å². The summed E-state index contributed by atoms with van der Waals surface area (Å²) in [6.07, 6.45) is -3.76. The standard InChI is InChI=1S/C11H20F3N3/c1-10(2,8-15)4-6-17(7-5-16-3)9-11(12,13)14/h16H,4-7,9H2,1-3H3. The van der Waals surface area contributed by atoms with Gasteiger partial charge in [0.2, 0.25) is 0 Å². The van der Waals surface area contributed by atoms with Crippen molar-refractivity contribution in [3.8, 4) is 6.07 Å². The lowest BCUT2D eigenvalue weighted by molar-refractivity contribution is -0.146. The highest BCUT2D eigenvalue weighted by atomic mass is 19.4. The smallest absolute Gasteiger partial charge is 0.318 e. The van der Waals surface area contributed by atoms with Crippen molar-refractivity contribution < 1.29 is 13.2 Å². The molecule has 0 radical (unpaired) electrons. The first-order valence-corrected chi connectivity index (χ1v) is 5.55. The fraction of sp³-hybridized carbons (Fsp3) is 0.909. The van der Waals surface area contributed by atoms with Crippen molar-refractivity contribution in [3.63, 3.8) is 0 Å². The van der Waals surface area contributed by atoms with E-state index in [1.807, 2.05) is 0 Å². The van der Waals surface area contributed by atoms with E-state index in [1.165, 1.54) is 4.90 Å². The minimum atomic E-state index is -4.19. The summed E-state index contributed by atoms with van der Waals surface area (Å²) < 4.78 is 36.9. The lowest BCUT2D eigenvalue weighted by Gasteiger charge is -2.26. The number of alkyl halides is 3. The van der Waals surface area contributed by atoms with Crippen LogP contribution in [0.2, 0.25) is 0 Å². The topological polar surface area (TPSA) is 39.1 Å². The highest BCUT2D eigenvalue weighted by Gasteiger charge is 2.31. The molecule has 0 fully saturated rings. The lowest BCUT2D eigenvalue weighted by Crippen LogP contribution is -2.39. The van der Waals surface area contributed by atoms with E-state index in [0.717, 1.165) is 0 Å². The second-order valence-corrected chi connectivity index (χ2v) is 4.74. The van der Waals surface area contributed by atoms with E-state index >= 15 is 0 Å². The molecule has 0 spiro atoms. The van der Waals surface area contributed by atoms with Crippen LogP contribution in [0.3, 0.4) is 0 Å². The van der Waals surface area contributed by atoms with Crippen molar-refractivity contribution in [1.29, 1.82) is 5.26 Å². The number of nitrogens with one attached hydrogen (secondary N) is 1. The average molecular weight is 251 g/mol. The Bertz CT molecular complexity index is 256. The van der Waals surface area contributed by atoms with Crippen LogP contribution >= 0.6 is 0 Å². The molecule has 0 rings (SSSR count). The quantitative estimate of drug-likeness (QED) is 0.752. The maximum absolute atomic E-state index is 12.3. The Morgan fingerprint density at radius 1 is 1.24 bits per heavy atom. The molecule has 0 aliphatic carbocycles. The SMILES string of the molecule is CNCCN(CCC(C)(C)C#N)CC(F)(F)F. The molecule has 1 N–H and O–H groups in total. The van der Waals surface area contributed by atoms with Gasteiger partial charge >= 0.3 is 6.18 Å². The number of rotatable bonds is 7. The van der Waals surface area contributed by atoms with Crippen LogP contribution in [-0.4, -0.2) is 44.3 Å². The number of hydrogen-bond donors (Lipinski definition) is 1. The van der Waals surface area contributed by atoms with Gasteiger partial charge in [-0.05, 0) is 27.3 Å². The average Bonchev–Trinajstić information content (AvgIpc) is 2.20. The van der Waals surface area contributed by atoms with Crippen molar-refractivity contribution in [2.45, 2.75) is 26.4 Å². The number of nitriles is 1. The minimum Gasteiger partial charge on any atom is -0.318 e. The van der Waals surface area contributed by atoms with Crippen LogP contribution in [0.25, 0.3) is 0 Å². The van der Waals surface area contributed by atoms with Gasteiger partial charge < -0.3 is 5.32 Å². The van der Waals surface area contributed by atoms with Gasteiger partial charge in [-0.15, -0.1) is 0 Å². The van der Waals surface area contributed by atoms with Crippen LogP contribution < -0.4 is 5.32 Å². The largest absolute Gasteiger partial charge is 0.401 e. The summed E-state index contributed by atoms with van der Waals surface area (Å²) in [5, 5.41) is 11.6. The van der Waals surface area contributed by atoms with Gasteiger partial charge in [-0.1, -0.05) is 0 Å². The fourth-order valence-corrected chi connectivity index (χ4v) is 1.29. The van der Waals surface area contributed by atoms with Crippen LogP contribution in [0.15, 0.2) is 0 Å². The van der Waals surface area contributed by atoms with Crippen LogP contribution in [-0.2, 0) is 0 Å². The summed E-state index contributed by atoms with van der Waals surface area (Å²) in [5.74, 6) is 0. The molecule has 0 unspecified atom stereocenters. The summed E-state index contributed by atoms with van der Waals surface area (Å²) in [7, 11) is 1.70. The molecule has 0 aromatic rings. The van der Waals surface area contributed by atoms with Crippen molar-refractivity contribution >= 4 is 0 Å². The Morgan fingerprint density at radius 2 is 1.82 bits per heavy atom. The maximum atomic E-state index is 12.3. The molecule has 0 saturated carbocycles. The van der Waals surface area contributed by atoms with E-state index in [4.69, 9.17) is 5.26 Å². The second kappa shape index (κ2) is 6.82. The molecule has 0 amide bonds. The van der Waals surface area contributed by atoms with Gasteiger partial charge in [0.15, 0.2) is 0 Å². The third kappa shape index (κ3) is 8.95. The molecular formula is C11H20F3N3. The highest BCUT2D eigenvalue weighted by Crippen LogP contribution is 2.21. The molecular weight excluding hydrogens is 231 g/mol. The third-order valence-electron chi connectivity index (χ3n) is 2.44. The van der Waals surface area contributed by atoms with Crippen molar-refractivity contribution in [3.05, 3.63) is 0 Å². The fourth-order valence-electron chi connectivity index (χ4n) is 1.29. The molecule has 6 heteroatoms. The predicted molar refractivity (Wildman–Crippen MR) is 60.4 cm³/mol. The Hall–Kier alpha value is -0.800. The normalized spacial score (nSPS) is 12.8. The van der Waals surface area contributed by atoms with Gasteiger partial charge in [0.25, 0.3) is 0 Å². The number of likely N-dealkylation sites (N-methyl/N-ethyl adjacent to an activating group) is 1. The summed E-state index contributed by atoms with van der Waals surface area (Å²) in [6, 6.07) is 2.09. The number of nitrogens with zero attached hydrogens (tertiary/aromatic N) is 2. The van der Waals surface area contributed by atoms with E-state index in [0.29, 0.717) is 19.5 Å². The van der Waals surface area contributed by atoms with Gasteiger partial charge in [0.1, 0.15) is 0 Å². The lowest BCUT2D eigenvalue weighted by atomic mass is 9.91. The molecule has 0 atom stereocenters. The monoisotopic (exact) mass is 251 g/mol. The molecule has 0 aromatic heterocycles. The van der Waals surface area contributed by atoms with Gasteiger partial charge in [-0.3, -0.25) is 4.90 Å². The van der Waals surface area contributed by atoms with E-state index in [9.17, 15) is 13.2 Å². The molecule has 0 saturated heterocycles. The number of hydrogen-bond acceptors (Lipinski definition) is 3. The number of halogens is 3. The van der Waals surface area contributed by atoms with E-state index in [-0.39, 0.29) is 6.54 Å². The van der Waals surface area contributed by atoms with Gasteiger partial charge in [-0.2, -0.15) is 18.4 Å². The van der Waals surface area contributed by atoms with Crippen molar-refractivity contribution in [2.75, 3.05) is 33.2 Å². The predicted octanol–water partition coefficient (Wildman–Crippen LogP) is 2.01. The summed E-state index contributed by atoms with van der Waals surface area (Å²) in [5.41, 5.74) is -0.580. The maximum Gasteiger partial charge on any atom is 0.401 e. The van der Waals surface area contributed by atoms with Crippen LogP contribution in [0.4, 0.5) is 13.2 Å². The molecule has 0 aliphatic rings. The summed E-state index contributed by atoms with van der Waals surface area (Å²) in [4.78, 5) is 1.33. The Labute approximate surface area is 101 Å². The Balaban J connectivity index is 4.25. The summed E-state index contributed by atoms with van der Waals surface area (Å²) >= 11 is 0. The minimum absolute atomic E-state index is 0.280. The molecule has 17 heavy (non-hydrogen) atoms. The zero-order valence-corrected chi connectivity index (χ0v) is 10.6. The van der Waals surface area contributed by atoms with Crippen LogP contribution in [0.1, 0.15) is 20.3 Å². The molecule has 0 heterocycles.